The Morgan fingerprint density at radius 2 is 1.29 bits per heavy atom. The summed E-state index contributed by atoms with van der Waals surface area (Å²) >= 11 is 0. The lowest BCUT2D eigenvalue weighted by Crippen LogP contribution is -1.97. The molecule has 0 saturated heterocycles. The summed E-state index contributed by atoms with van der Waals surface area (Å²) < 4.78 is 0. The molecule has 1 heteroatoms. The first kappa shape index (κ1) is 16.4. The van der Waals surface area contributed by atoms with Crippen molar-refractivity contribution in [3.63, 3.8) is 0 Å². The Labute approximate surface area is 108 Å². The van der Waals surface area contributed by atoms with Crippen molar-refractivity contribution in [2.75, 3.05) is 6.54 Å². The largest absolute Gasteiger partial charge is 0.330 e. The van der Waals surface area contributed by atoms with Gasteiger partial charge in [0.2, 0.25) is 0 Å². The van der Waals surface area contributed by atoms with Gasteiger partial charge in [0.1, 0.15) is 0 Å². The van der Waals surface area contributed by atoms with Crippen LogP contribution in [0.5, 0.6) is 0 Å². The molecular formula is C16H31N. The third-order valence-electron chi connectivity index (χ3n) is 2.90. The zero-order valence-electron chi connectivity index (χ0n) is 11.7. The molecule has 0 aliphatic heterocycles. The molecule has 0 aliphatic rings. The predicted molar refractivity (Wildman–Crippen MR) is 79.2 cm³/mol. The maximum absolute atomic E-state index is 5.45. The van der Waals surface area contributed by atoms with E-state index in [0.29, 0.717) is 0 Å². The molecule has 0 fully saturated rings. The summed E-state index contributed by atoms with van der Waals surface area (Å²) in [5.41, 5.74) is 5.45. The van der Waals surface area contributed by atoms with Crippen LogP contribution >= 0.6 is 0 Å². The van der Waals surface area contributed by atoms with Crippen molar-refractivity contribution in [3.05, 3.63) is 24.3 Å². The summed E-state index contributed by atoms with van der Waals surface area (Å²) in [4.78, 5) is 0. The number of rotatable bonds is 12. The Balaban J connectivity index is 3.13. The van der Waals surface area contributed by atoms with E-state index in [1.54, 1.807) is 0 Å². The molecule has 17 heavy (non-hydrogen) atoms. The molecule has 0 radical (unpaired) electrons. The second-order valence-electron chi connectivity index (χ2n) is 4.67. The molecule has 0 atom stereocenters. The van der Waals surface area contributed by atoms with Crippen LogP contribution in [0.25, 0.3) is 0 Å². The SMILES string of the molecule is CCCCC/C=C/C/C=C/CCCCCCN. The second-order valence-corrected chi connectivity index (χ2v) is 4.67. The van der Waals surface area contributed by atoms with Crippen LogP contribution in [0.3, 0.4) is 0 Å². The monoisotopic (exact) mass is 237 g/mol. The molecule has 0 amide bonds. The number of hydrogen-bond donors (Lipinski definition) is 1. The molecule has 100 valence electrons. The van der Waals surface area contributed by atoms with Crippen molar-refractivity contribution in [2.45, 2.75) is 71.1 Å². The third-order valence-corrected chi connectivity index (χ3v) is 2.90. The van der Waals surface area contributed by atoms with Gasteiger partial charge in [0.05, 0.1) is 0 Å². The van der Waals surface area contributed by atoms with Gasteiger partial charge >= 0.3 is 0 Å². The smallest absolute Gasteiger partial charge is 0.00773 e. The van der Waals surface area contributed by atoms with E-state index in [1.807, 2.05) is 0 Å². The average molecular weight is 237 g/mol. The Morgan fingerprint density at radius 1 is 0.706 bits per heavy atom. The lowest BCUT2D eigenvalue weighted by atomic mass is 10.1. The molecule has 1 nitrogen and oxygen atoms in total. The highest BCUT2D eigenvalue weighted by atomic mass is 14.5. The minimum Gasteiger partial charge on any atom is -0.330 e. The summed E-state index contributed by atoms with van der Waals surface area (Å²) in [5, 5.41) is 0. The first-order chi connectivity index (χ1) is 8.41. The van der Waals surface area contributed by atoms with Crippen molar-refractivity contribution in [3.8, 4) is 0 Å². The van der Waals surface area contributed by atoms with E-state index >= 15 is 0 Å². The van der Waals surface area contributed by atoms with Crippen molar-refractivity contribution in [1.29, 1.82) is 0 Å². The van der Waals surface area contributed by atoms with Crippen LogP contribution in [0.2, 0.25) is 0 Å². The van der Waals surface area contributed by atoms with Gasteiger partial charge in [-0.3, -0.25) is 0 Å². The van der Waals surface area contributed by atoms with Crippen LogP contribution in [-0.4, -0.2) is 6.54 Å². The van der Waals surface area contributed by atoms with Crippen LogP contribution in [0.4, 0.5) is 0 Å². The van der Waals surface area contributed by atoms with Crippen LogP contribution < -0.4 is 5.73 Å². The van der Waals surface area contributed by atoms with Gasteiger partial charge in [-0.2, -0.15) is 0 Å². The fourth-order valence-corrected chi connectivity index (χ4v) is 1.78. The van der Waals surface area contributed by atoms with Crippen molar-refractivity contribution in [1.82, 2.24) is 0 Å². The minimum absolute atomic E-state index is 0.846. The highest BCUT2D eigenvalue weighted by Crippen LogP contribution is 2.04. The summed E-state index contributed by atoms with van der Waals surface area (Å²) in [5.74, 6) is 0. The van der Waals surface area contributed by atoms with Gasteiger partial charge in [0, 0.05) is 0 Å². The fourth-order valence-electron chi connectivity index (χ4n) is 1.78. The molecule has 0 rings (SSSR count). The Kier molecular flexibility index (Phi) is 14.9. The van der Waals surface area contributed by atoms with E-state index < -0.39 is 0 Å². The van der Waals surface area contributed by atoms with Crippen molar-refractivity contribution >= 4 is 0 Å². The van der Waals surface area contributed by atoms with Gasteiger partial charge in [0.25, 0.3) is 0 Å². The fraction of sp³-hybridized carbons (Fsp3) is 0.750. The van der Waals surface area contributed by atoms with Gasteiger partial charge in [-0.1, -0.05) is 56.9 Å². The van der Waals surface area contributed by atoms with Gasteiger partial charge in [-0.25, -0.2) is 0 Å². The van der Waals surface area contributed by atoms with Crippen molar-refractivity contribution < 1.29 is 0 Å². The highest BCUT2D eigenvalue weighted by molar-refractivity contribution is 4.92. The molecule has 2 N–H and O–H groups in total. The molecule has 0 spiro atoms. The summed E-state index contributed by atoms with van der Waals surface area (Å²) in [6.45, 7) is 3.10. The Hall–Kier alpha value is -0.560. The maximum Gasteiger partial charge on any atom is -0.00773 e. The van der Waals surface area contributed by atoms with Crippen LogP contribution in [0.15, 0.2) is 24.3 Å². The summed E-state index contributed by atoms with van der Waals surface area (Å²) in [6, 6.07) is 0. The zero-order valence-corrected chi connectivity index (χ0v) is 11.7. The number of nitrogens with two attached hydrogens (primary N) is 1. The van der Waals surface area contributed by atoms with E-state index in [1.165, 1.54) is 57.8 Å². The average Bonchev–Trinajstić information content (AvgIpc) is 2.35. The molecule has 0 aromatic carbocycles. The van der Waals surface area contributed by atoms with E-state index in [0.717, 1.165) is 13.0 Å². The molecule has 0 saturated carbocycles. The number of unbranched alkanes of at least 4 members (excludes halogenated alkanes) is 7. The van der Waals surface area contributed by atoms with Gasteiger partial charge < -0.3 is 5.73 Å². The lowest BCUT2D eigenvalue weighted by molar-refractivity contribution is 0.652. The standard InChI is InChI=1S/C16H31N/c1-2-3-4-5-6-7-8-9-10-11-12-13-14-15-16-17/h6-7,9-10H,2-5,8,11-17H2,1H3/b7-6+,10-9+. The van der Waals surface area contributed by atoms with Crippen LogP contribution in [0.1, 0.15) is 71.1 Å². The molecule has 0 heterocycles. The molecule has 0 unspecified atom stereocenters. The van der Waals surface area contributed by atoms with E-state index in [-0.39, 0.29) is 0 Å². The zero-order chi connectivity index (χ0) is 12.6. The molecule has 0 bridgehead atoms. The first-order valence-electron chi connectivity index (χ1n) is 7.42. The normalized spacial score (nSPS) is 11.9. The number of allylic oxidation sites excluding steroid dienone is 4. The van der Waals surface area contributed by atoms with E-state index in [4.69, 9.17) is 5.73 Å². The molecule has 0 aliphatic carbocycles. The van der Waals surface area contributed by atoms with Gasteiger partial charge in [0.15, 0.2) is 0 Å². The second kappa shape index (κ2) is 15.4. The molecule has 0 aromatic heterocycles. The van der Waals surface area contributed by atoms with Gasteiger partial charge in [-0.15, -0.1) is 0 Å². The number of hydrogen-bond acceptors (Lipinski definition) is 1. The summed E-state index contributed by atoms with van der Waals surface area (Å²) in [6.07, 6.45) is 22.0. The van der Waals surface area contributed by atoms with E-state index in [2.05, 4.69) is 31.2 Å². The van der Waals surface area contributed by atoms with Crippen LogP contribution in [0, 0.1) is 0 Å². The quantitative estimate of drug-likeness (QED) is 0.376. The maximum atomic E-state index is 5.45. The molecule has 0 aromatic rings. The van der Waals surface area contributed by atoms with E-state index in [9.17, 15) is 0 Å². The highest BCUT2D eigenvalue weighted by Gasteiger charge is 1.86. The predicted octanol–water partition coefficient (Wildman–Crippen LogP) is 4.98. The Bertz CT molecular complexity index is 182. The summed E-state index contributed by atoms with van der Waals surface area (Å²) in [7, 11) is 0. The van der Waals surface area contributed by atoms with Crippen molar-refractivity contribution in [2.24, 2.45) is 5.73 Å². The third kappa shape index (κ3) is 15.4. The minimum atomic E-state index is 0.846. The Morgan fingerprint density at radius 3 is 1.88 bits per heavy atom. The van der Waals surface area contributed by atoms with Crippen LogP contribution in [-0.2, 0) is 0 Å². The first-order valence-corrected chi connectivity index (χ1v) is 7.42. The lowest BCUT2D eigenvalue weighted by Gasteiger charge is -1.95. The topological polar surface area (TPSA) is 26.0 Å². The molecular weight excluding hydrogens is 206 g/mol. The van der Waals surface area contributed by atoms with Gasteiger partial charge in [-0.05, 0) is 45.1 Å².